The molecule has 13 atom stereocenters. The van der Waals surface area contributed by atoms with Crippen LogP contribution in [0.4, 0.5) is 0 Å². The largest absolute Gasteiger partial charge is 0.463 e. The average molecular weight is 775 g/mol. The number of esters is 5. The van der Waals surface area contributed by atoms with Crippen molar-refractivity contribution in [3.8, 4) is 0 Å². The molecule has 0 aromatic carbocycles. The maximum atomic E-state index is 14.8. The molecule has 0 aromatic rings. The Balaban J connectivity index is 1.56. The van der Waals surface area contributed by atoms with E-state index in [0.717, 1.165) is 33.3 Å². The number of ether oxygens (including phenoxy) is 7. The lowest BCUT2D eigenvalue weighted by atomic mass is 9.39. The van der Waals surface area contributed by atoms with E-state index in [-0.39, 0.29) is 36.1 Å². The van der Waals surface area contributed by atoms with Crippen LogP contribution in [0.1, 0.15) is 102 Å². The predicted molar refractivity (Wildman–Crippen MR) is 188 cm³/mol. The van der Waals surface area contributed by atoms with E-state index >= 15 is 0 Å². The van der Waals surface area contributed by atoms with E-state index in [1.54, 1.807) is 13.8 Å². The van der Waals surface area contributed by atoms with Gasteiger partial charge in [-0.1, -0.05) is 32.4 Å². The number of rotatable bonds is 9. The van der Waals surface area contributed by atoms with Crippen LogP contribution < -0.4 is 0 Å². The Morgan fingerprint density at radius 3 is 1.85 bits per heavy atom. The monoisotopic (exact) mass is 774 g/mol. The van der Waals surface area contributed by atoms with Crippen LogP contribution in [0.15, 0.2) is 11.6 Å². The van der Waals surface area contributed by atoms with E-state index in [9.17, 15) is 38.4 Å². The van der Waals surface area contributed by atoms with Crippen LogP contribution >= 0.6 is 0 Å². The standard InChI is InChI=1S/C40H54O15/c1-18(41)31-27(50-20(3)43)15-38(9)29-13-12-24-25(40(29,11)30(47)16-39(31,38)10)14-26(35(48)37(24,7)8)54-36-34(53-23(6)46)33(52-22(5)45)32(51-21(4)44)28(55-36)17-49-19(2)42/h12,25-29,31-34,36H,13-17H2,1-11H3. The summed E-state index contributed by atoms with van der Waals surface area (Å²) in [6.07, 6.45) is -6.33. The normalized spacial score (nSPS) is 40.3. The second-order valence-electron chi connectivity index (χ2n) is 17.1. The van der Waals surface area contributed by atoms with Crippen LogP contribution in [0.2, 0.25) is 0 Å². The summed E-state index contributed by atoms with van der Waals surface area (Å²) < 4.78 is 40.3. The maximum absolute atomic E-state index is 14.8. The summed E-state index contributed by atoms with van der Waals surface area (Å²) in [5, 5.41) is 0. The fourth-order valence-corrected chi connectivity index (χ4v) is 11.0. The molecular formula is C40H54O15. The Hall–Kier alpha value is -3.98. The summed E-state index contributed by atoms with van der Waals surface area (Å²) in [5.41, 5.74) is -2.83. The zero-order valence-electron chi connectivity index (χ0n) is 33.5. The highest BCUT2D eigenvalue weighted by atomic mass is 16.7. The Morgan fingerprint density at radius 2 is 1.31 bits per heavy atom. The molecule has 3 saturated carbocycles. The van der Waals surface area contributed by atoms with Gasteiger partial charge < -0.3 is 33.2 Å². The van der Waals surface area contributed by atoms with Gasteiger partial charge >= 0.3 is 29.8 Å². The van der Waals surface area contributed by atoms with Gasteiger partial charge in [0.2, 0.25) is 0 Å². The Bertz CT molecular complexity index is 1700. The van der Waals surface area contributed by atoms with Gasteiger partial charge in [-0.15, -0.1) is 0 Å². The fourth-order valence-electron chi connectivity index (χ4n) is 11.0. The van der Waals surface area contributed by atoms with Crippen LogP contribution in [0.3, 0.4) is 0 Å². The smallest absolute Gasteiger partial charge is 0.303 e. The molecule has 304 valence electrons. The summed E-state index contributed by atoms with van der Waals surface area (Å²) in [4.78, 5) is 104. The number of carbonyl (C=O) groups is 8. The minimum absolute atomic E-state index is 0.0238. The third kappa shape index (κ3) is 7.15. The van der Waals surface area contributed by atoms with E-state index in [2.05, 4.69) is 6.92 Å². The molecule has 13 unspecified atom stereocenters. The molecular weight excluding hydrogens is 720 g/mol. The summed E-state index contributed by atoms with van der Waals surface area (Å²) >= 11 is 0. The van der Waals surface area contributed by atoms with E-state index in [4.69, 9.17) is 33.2 Å². The highest BCUT2D eigenvalue weighted by molar-refractivity contribution is 5.95. The first kappa shape index (κ1) is 42.2. The topological polar surface area (TPSA) is 201 Å². The lowest BCUT2D eigenvalue weighted by molar-refractivity contribution is -0.316. The first-order chi connectivity index (χ1) is 25.4. The highest BCUT2D eigenvalue weighted by Crippen LogP contribution is 2.73. The van der Waals surface area contributed by atoms with Crippen molar-refractivity contribution in [2.24, 2.45) is 39.4 Å². The van der Waals surface area contributed by atoms with Gasteiger partial charge in [-0.3, -0.25) is 38.4 Å². The quantitative estimate of drug-likeness (QED) is 0.187. The molecule has 4 aliphatic carbocycles. The molecule has 55 heavy (non-hydrogen) atoms. The molecule has 0 amide bonds. The number of hydrogen-bond acceptors (Lipinski definition) is 15. The van der Waals surface area contributed by atoms with Crippen molar-refractivity contribution < 1.29 is 71.5 Å². The van der Waals surface area contributed by atoms with Crippen molar-refractivity contribution in [2.75, 3.05) is 6.61 Å². The van der Waals surface area contributed by atoms with Gasteiger partial charge in [-0.25, -0.2) is 0 Å². The SMILES string of the molecule is CC(=O)OCC1OC(OC2CC3C(=CCC4C3(C)C(=O)CC3(C)C(C(C)=O)C(OC(C)=O)CC43C)C(C)(C)C2=O)C(OC(C)=O)C(OC(C)=O)C1OC(C)=O. The van der Waals surface area contributed by atoms with Crippen LogP contribution in [0, 0.1) is 39.4 Å². The Labute approximate surface area is 320 Å². The molecule has 4 fully saturated rings. The zero-order valence-corrected chi connectivity index (χ0v) is 33.5. The van der Waals surface area contributed by atoms with Gasteiger partial charge in [0.05, 0.1) is 5.92 Å². The molecule has 15 heteroatoms. The number of fused-ring (bicyclic) bond motifs is 5. The second-order valence-corrected chi connectivity index (χ2v) is 17.1. The Kier molecular flexibility index (Phi) is 11.4. The molecule has 0 radical (unpaired) electrons. The molecule has 1 saturated heterocycles. The molecule has 5 aliphatic rings. The maximum Gasteiger partial charge on any atom is 0.303 e. The van der Waals surface area contributed by atoms with Gasteiger partial charge in [0.1, 0.15) is 36.5 Å². The second kappa shape index (κ2) is 14.8. The summed E-state index contributed by atoms with van der Waals surface area (Å²) in [6, 6.07) is 0. The van der Waals surface area contributed by atoms with Crippen LogP contribution in [0.5, 0.6) is 0 Å². The molecule has 0 spiro atoms. The predicted octanol–water partition coefficient (Wildman–Crippen LogP) is 3.55. The Morgan fingerprint density at radius 1 is 0.745 bits per heavy atom. The molecule has 15 nitrogen and oxygen atoms in total. The molecule has 0 N–H and O–H groups in total. The molecule has 1 aliphatic heterocycles. The van der Waals surface area contributed by atoms with E-state index in [1.807, 2.05) is 19.9 Å². The number of hydrogen-bond donors (Lipinski definition) is 0. The summed E-state index contributed by atoms with van der Waals surface area (Å²) in [5.74, 6) is -5.68. The van der Waals surface area contributed by atoms with Crippen LogP contribution in [-0.2, 0) is 71.5 Å². The minimum atomic E-state index is -1.60. The number of Topliss-reactive ketones (excluding diaryl/α,β-unsaturated/α-hetero) is 3. The van der Waals surface area contributed by atoms with Crippen molar-refractivity contribution in [3.05, 3.63) is 11.6 Å². The lowest BCUT2D eigenvalue weighted by Gasteiger charge is -2.64. The molecule has 0 bridgehead atoms. The molecule has 5 rings (SSSR count). The van der Waals surface area contributed by atoms with E-state index < -0.39 is 113 Å². The van der Waals surface area contributed by atoms with Gasteiger partial charge in [0.15, 0.2) is 30.4 Å². The van der Waals surface area contributed by atoms with Crippen LogP contribution in [0.25, 0.3) is 0 Å². The van der Waals surface area contributed by atoms with Crippen molar-refractivity contribution >= 4 is 47.2 Å². The van der Waals surface area contributed by atoms with Crippen molar-refractivity contribution in [1.29, 1.82) is 0 Å². The minimum Gasteiger partial charge on any atom is -0.463 e. The van der Waals surface area contributed by atoms with Crippen molar-refractivity contribution in [2.45, 2.75) is 145 Å². The van der Waals surface area contributed by atoms with Crippen LogP contribution in [-0.4, -0.2) is 96.7 Å². The number of allylic oxidation sites excluding steroid dienone is 2. The average Bonchev–Trinajstić information content (AvgIpc) is 3.26. The number of ketones is 3. The highest BCUT2D eigenvalue weighted by Gasteiger charge is 2.74. The first-order valence-electron chi connectivity index (χ1n) is 18.8. The molecule has 1 heterocycles. The van der Waals surface area contributed by atoms with Crippen molar-refractivity contribution in [1.82, 2.24) is 0 Å². The van der Waals surface area contributed by atoms with Gasteiger partial charge in [0, 0.05) is 51.9 Å². The molecule has 0 aromatic heterocycles. The third-order valence-electron chi connectivity index (χ3n) is 13.4. The fraction of sp³-hybridized carbons (Fsp3) is 0.750. The van der Waals surface area contributed by atoms with Gasteiger partial charge in [-0.2, -0.15) is 0 Å². The van der Waals surface area contributed by atoms with E-state index in [0.29, 0.717) is 12.8 Å². The lowest BCUT2D eigenvalue weighted by Crippen LogP contribution is -2.65. The summed E-state index contributed by atoms with van der Waals surface area (Å²) in [6.45, 7) is 16.3. The first-order valence-corrected chi connectivity index (χ1v) is 18.8. The third-order valence-corrected chi connectivity index (χ3v) is 13.4. The zero-order chi connectivity index (χ0) is 41.2. The van der Waals surface area contributed by atoms with Gasteiger partial charge in [0.25, 0.3) is 0 Å². The van der Waals surface area contributed by atoms with Crippen molar-refractivity contribution in [3.63, 3.8) is 0 Å². The number of carbonyl (C=O) groups excluding carboxylic acids is 8. The van der Waals surface area contributed by atoms with Gasteiger partial charge in [-0.05, 0) is 62.7 Å². The summed E-state index contributed by atoms with van der Waals surface area (Å²) in [7, 11) is 0. The van der Waals surface area contributed by atoms with E-state index in [1.165, 1.54) is 13.8 Å².